The molecule has 0 unspecified atom stereocenters. The van der Waals surface area contributed by atoms with E-state index in [9.17, 15) is 4.79 Å². The van der Waals surface area contributed by atoms with Gasteiger partial charge in [0.2, 0.25) is 5.91 Å². The highest BCUT2D eigenvalue weighted by Gasteiger charge is 2.35. The van der Waals surface area contributed by atoms with E-state index in [2.05, 4.69) is 9.97 Å². The molecule has 132 valence electrons. The van der Waals surface area contributed by atoms with Crippen LogP contribution in [0.25, 0.3) is 0 Å². The molecule has 0 spiro atoms. The van der Waals surface area contributed by atoms with Crippen LogP contribution in [-0.4, -0.2) is 54.6 Å². The zero-order valence-electron chi connectivity index (χ0n) is 14.7. The normalized spacial score (nSPS) is 17.2. The molecule has 3 rings (SSSR count). The smallest absolute Gasteiger partial charge is 0.244 e. The van der Waals surface area contributed by atoms with Gasteiger partial charge in [0.1, 0.15) is 17.3 Å². The third kappa shape index (κ3) is 3.71. The lowest BCUT2D eigenvalue weighted by Crippen LogP contribution is -2.39. The van der Waals surface area contributed by atoms with Crippen LogP contribution in [0.2, 0.25) is 0 Å². The minimum atomic E-state index is -0.194. The van der Waals surface area contributed by atoms with Crippen molar-refractivity contribution in [2.45, 2.75) is 19.0 Å². The Hall–Kier alpha value is -2.67. The number of carbonyl (C=O) groups is 1. The number of aromatic nitrogens is 2. The van der Waals surface area contributed by atoms with Gasteiger partial charge < -0.3 is 14.4 Å². The highest BCUT2D eigenvalue weighted by molar-refractivity contribution is 5.99. The van der Waals surface area contributed by atoms with E-state index in [1.807, 2.05) is 24.1 Å². The third-order valence-electron chi connectivity index (χ3n) is 4.37. The summed E-state index contributed by atoms with van der Waals surface area (Å²) >= 11 is 0. The minimum Gasteiger partial charge on any atom is -0.497 e. The maximum atomic E-state index is 12.9. The van der Waals surface area contributed by atoms with Gasteiger partial charge in [0.15, 0.2) is 0 Å². The summed E-state index contributed by atoms with van der Waals surface area (Å²) in [5.74, 6) is 2.10. The van der Waals surface area contributed by atoms with Crippen LogP contribution in [0.15, 0.2) is 36.7 Å². The van der Waals surface area contributed by atoms with Crippen molar-refractivity contribution in [2.24, 2.45) is 0 Å². The van der Waals surface area contributed by atoms with Crippen molar-refractivity contribution >= 4 is 11.6 Å². The fourth-order valence-electron chi connectivity index (χ4n) is 3.02. The second kappa shape index (κ2) is 7.48. The van der Waals surface area contributed by atoms with Gasteiger partial charge in [-0.3, -0.25) is 9.69 Å². The summed E-state index contributed by atoms with van der Waals surface area (Å²) in [4.78, 5) is 25.1. The number of likely N-dealkylation sites (N-methyl/N-ethyl adjacent to an activating group) is 1. The number of hydrogen-bond donors (Lipinski definition) is 0. The van der Waals surface area contributed by atoms with E-state index in [1.165, 1.54) is 0 Å². The molecule has 1 aliphatic rings. The van der Waals surface area contributed by atoms with Gasteiger partial charge in [0.25, 0.3) is 0 Å². The first-order valence-electron chi connectivity index (χ1n) is 8.13. The summed E-state index contributed by atoms with van der Waals surface area (Å²) in [6.45, 7) is 1.19. The fraction of sp³-hybridized carbons (Fsp3) is 0.389. The molecule has 7 nitrogen and oxygen atoms in total. The molecule has 2 aromatic rings. The van der Waals surface area contributed by atoms with Gasteiger partial charge in [-0.05, 0) is 19.5 Å². The second-order valence-electron chi connectivity index (χ2n) is 5.95. The Balaban J connectivity index is 1.75. The summed E-state index contributed by atoms with van der Waals surface area (Å²) in [7, 11) is 5.12. The highest BCUT2D eigenvalue weighted by Crippen LogP contribution is 2.31. The molecule has 0 N–H and O–H groups in total. The van der Waals surface area contributed by atoms with Crippen molar-refractivity contribution in [1.29, 1.82) is 0 Å². The summed E-state index contributed by atoms with van der Waals surface area (Å²) in [6.07, 6.45) is 4.17. The Morgan fingerprint density at radius 1 is 1.16 bits per heavy atom. The Morgan fingerprint density at radius 2 is 1.80 bits per heavy atom. The number of amides is 1. The van der Waals surface area contributed by atoms with Crippen LogP contribution in [0.3, 0.4) is 0 Å². The summed E-state index contributed by atoms with van der Waals surface area (Å²) in [5.41, 5.74) is 0.785. The molecule has 1 aliphatic heterocycles. The van der Waals surface area contributed by atoms with Crippen LogP contribution in [0.5, 0.6) is 11.5 Å². The largest absolute Gasteiger partial charge is 0.497 e. The average molecular weight is 342 g/mol. The van der Waals surface area contributed by atoms with Crippen LogP contribution in [0, 0.1) is 0 Å². The van der Waals surface area contributed by atoms with E-state index in [0.717, 1.165) is 12.1 Å². The van der Waals surface area contributed by atoms with E-state index in [1.54, 1.807) is 43.6 Å². The van der Waals surface area contributed by atoms with Crippen molar-refractivity contribution in [2.75, 3.05) is 32.7 Å². The van der Waals surface area contributed by atoms with E-state index in [4.69, 9.17) is 9.47 Å². The van der Waals surface area contributed by atoms with E-state index in [-0.39, 0.29) is 11.9 Å². The van der Waals surface area contributed by atoms with E-state index in [0.29, 0.717) is 30.4 Å². The topological polar surface area (TPSA) is 67.8 Å². The zero-order chi connectivity index (χ0) is 17.8. The molecule has 0 saturated carbocycles. The van der Waals surface area contributed by atoms with E-state index >= 15 is 0 Å². The number of nitrogens with zero attached hydrogens (tertiary/aromatic N) is 4. The Bertz CT molecular complexity index is 716. The standard InChI is InChI=1S/C18H22N4O3/c1-21(12-17-19-6-4-7-20-17)16-5-8-22(18(16)23)13-9-14(24-2)11-15(10-13)25-3/h4,6-7,9-11,16H,5,8,12H2,1-3H3/t16-/m1/s1. The van der Waals surface area contributed by atoms with Crippen molar-refractivity contribution in [3.63, 3.8) is 0 Å². The molecular formula is C18H22N4O3. The van der Waals surface area contributed by atoms with Crippen LogP contribution >= 0.6 is 0 Å². The maximum Gasteiger partial charge on any atom is 0.244 e. The predicted molar refractivity (Wildman–Crippen MR) is 93.8 cm³/mol. The molecule has 0 bridgehead atoms. The predicted octanol–water partition coefficient (Wildman–Crippen LogP) is 1.73. The molecule has 1 aromatic carbocycles. The molecular weight excluding hydrogens is 320 g/mol. The number of hydrogen-bond acceptors (Lipinski definition) is 6. The molecule has 1 saturated heterocycles. The molecule has 2 heterocycles. The molecule has 1 aromatic heterocycles. The first-order chi connectivity index (χ1) is 12.1. The molecule has 25 heavy (non-hydrogen) atoms. The lowest BCUT2D eigenvalue weighted by molar-refractivity contribution is -0.121. The summed E-state index contributed by atoms with van der Waals surface area (Å²) in [5, 5.41) is 0. The molecule has 1 fully saturated rings. The van der Waals surface area contributed by atoms with Crippen LogP contribution in [-0.2, 0) is 11.3 Å². The van der Waals surface area contributed by atoms with E-state index < -0.39 is 0 Å². The number of anilines is 1. The highest BCUT2D eigenvalue weighted by atomic mass is 16.5. The van der Waals surface area contributed by atoms with Gasteiger partial charge in [-0.1, -0.05) is 0 Å². The Labute approximate surface area is 147 Å². The summed E-state index contributed by atoms with van der Waals surface area (Å²) in [6, 6.07) is 7.08. The van der Waals surface area contributed by atoms with Crippen molar-refractivity contribution < 1.29 is 14.3 Å². The van der Waals surface area contributed by atoms with Crippen LogP contribution in [0.4, 0.5) is 5.69 Å². The quantitative estimate of drug-likeness (QED) is 0.796. The molecule has 0 radical (unpaired) electrons. The van der Waals surface area contributed by atoms with Crippen molar-refractivity contribution in [3.8, 4) is 11.5 Å². The minimum absolute atomic E-state index is 0.0636. The zero-order valence-corrected chi connectivity index (χ0v) is 14.7. The first kappa shape index (κ1) is 17.2. The molecule has 1 amide bonds. The van der Waals surface area contributed by atoms with Gasteiger partial charge in [-0.15, -0.1) is 0 Å². The number of ether oxygens (including phenoxy) is 2. The summed E-state index contributed by atoms with van der Waals surface area (Å²) < 4.78 is 10.6. The number of carbonyl (C=O) groups excluding carboxylic acids is 1. The lowest BCUT2D eigenvalue weighted by atomic mass is 10.2. The number of methoxy groups -OCH3 is 2. The van der Waals surface area contributed by atoms with Gasteiger partial charge in [0, 0.05) is 37.1 Å². The number of rotatable bonds is 6. The molecule has 1 atom stereocenters. The first-order valence-corrected chi connectivity index (χ1v) is 8.13. The van der Waals surface area contributed by atoms with Gasteiger partial charge in [-0.2, -0.15) is 0 Å². The molecule has 7 heteroatoms. The van der Waals surface area contributed by atoms with Gasteiger partial charge in [-0.25, -0.2) is 9.97 Å². The van der Waals surface area contributed by atoms with Crippen LogP contribution in [0.1, 0.15) is 12.2 Å². The Kier molecular flexibility index (Phi) is 5.14. The molecule has 0 aliphatic carbocycles. The lowest BCUT2D eigenvalue weighted by Gasteiger charge is -2.23. The third-order valence-corrected chi connectivity index (χ3v) is 4.37. The fourth-order valence-corrected chi connectivity index (χ4v) is 3.02. The average Bonchev–Trinajstić information content (AvgIpc) is 3.03. The van der Waals surface area contributed by atoms with Gasteiger partial charge >= 0.3 is 0 Å². The number of benzene rings is 1. The second-order valence-corrected chi connectivity index (χ2v) is 5.95. The van der Waals surface area contributed by atoms with Crippen LogP contribution < -0.4 is 14.4 Å². The monoisotopic (exact) mass is 342 g/mol. The van der Waals surface area contributed by atoms with Crippen molar-refractivity contribution in [1.82, 2.24) is 14.9 Å². The van der Waals surface area contributed by atoms with Crippen molar-refractivity contribution in [3.05, 3.63) is 42.5 Å². The maximum absolute atomic E-state index is 12.9. The Morgan fingerprint density at radius 3 is 2.40 bits per heavy atom. The SMILES string of the molecule is COc1cc(OC)cc(N2CC[C@@H](N(C)Cc3ncccn3)C2=O)c1. The van der Waals surface area contributed by atoms with Gasteiger partial charge in [0.05, 0.1) is 32.5 Å².